The van der Waals surface area contributed by atoms with Crippen molar-refractivity contribution >= 4 is 11.7 Å². The average Bonchev–Trinajstić information content (AvgIpc) is 2.53. The minimum atomic E-state index is -0.556. The Kier molecular flexibility index (Phi) is 9.27. The van der Waals surface area contributed by atoms with Crippen LogP contribution in [0.15, 0.2) is 64.6 Å². The Hall–Kier alpha value is -2.40. The Morgan fingerprint density at radius 2 is 1.96 bits per heavy atom. The lowest BCUT2D eigenvalue weighted by molar-refractivity contribution is -0.143. The molecule has 0 aromatic heterocycles. The lowest BCUT2D eigenvalue weighted by Crippen LogP contribution is -2.40. The lowest BCUT2D eigenvalue weighted by Gasteiger charge is -2.27. The first-order chi connectivity index (χ1) is 11.0. The second-order valence-electron chi connectivity index (χ2n) is 4.59. The molecule has 0 saturated heterocycles. The molecule has 1 rings (SSSR count). The van der Waals surface area contributed by atoms with Crippen LogP contribution in [0.4, 0.5) is 0 Å². The van der Waals surface area contributed by atoms with Crippen LogP contribution in [0.5, 0.6) is 0 Å². The highest BCUT2D eigenvalue weighted by atomic mass is 16.5. The van der Waals surface area contributed by atoms with E-state index in [1.165, 1.54) is 12.3 Å². The Labute approximate surface area is 139 Å². The molecule has 0 aromatic rings. The van der Waals surface area contributed by atoms with Gasteiger partial charge in [-0.15, -0.1) is 0 Å². The van der Waals surface area contributed by atoms with Gasteiger partial charge >= 0.3 is 0 Å². The second-order valence-corrected chi connectivity index (χ2v) is 4.59. The topological polar surface area (TPSA) is 64.9 Å². The van der Waals surface area contributed by atoms with E-state index in [9.17, 15) is 10.0 Å². The zero-order valence-electron chi connectivity index (χ0n) is 14.8. The summed E-state index contributed by atoms with van der Waals surface area (Å²) in [5, 5.41) is 13.6. The molecule has 0 radical (unpaired) electrons. The first kappa shape index (κ1) is 20.6. The number of nitrogens with one attached hydrogen (secondary N) is 1. The number of carbonyl (C=O) groups excluding carboxylic acids is 1. The van der Waals surface area contributed by atoms with Gasteiger partial charge in [-0.3, -0.25) is 10.0 Å². The van der Waals surface area contributed by atoms with Crippen LogP contribution < -0.4 is 5.32 Å². The van der Waals surface area contributed by atoms with E-state index < -0.39 is 5.91 Å². The Bertz CT molecular complexity index is 589. The summed E-state index contributed by atoms with van der Waals surface area (Å²) in [6, 6.07) is 0. The predicted molar refractivity (Wildman–Crippen MR) is 95.8 cm³/mol. The summed E-state index contributed by atoms with van der Waals surface area (Å²) in [5.74, 6) is -0.394. The minimum Gasteiger partial charge on any atom is -0.355 e. The molecule has 0 spiro atoms. The molecule has 126 valence electrons. The van der Waals surface area contributed by atoms with Crippen molar-refractivity contribution in [3.05, 3.63) is 59.6 Å². The molecule has 0 unspecified atom stereocenters. The number of amidine groups is 1. The number of hydrogen-bond donors (Lipinski definition) is 2. The summed E-state index contributed by atoms with van der Waals surface area (Å²) in [4.78, 5) is 15.9. The van der Waals surface area contributed by atoms with Gasteiger partial charge in [0.2, 0.25) is 0 Å². The molecule has 0 bridgehead atoms. The minimum absolute atomic E-state index is 0.163. The van der Waals surface area contributed by atoms with E-state index in [1.54, 1.807) is 0 Å². The van der Waals surface area contributed by atoms with Crippen molar-refractivity contribution in [2.24, 2.45) is 4.99 Å². The van der Waals surface area contributed by atoms with E-state index in [0.29, 0.717) is 16.3 Å². The number of aliphatic imine (C=N–C) groups is 1. The average molecular weight is 317 g/mol. The lowest BCUT2D eigenvalue weighted by atomic mass is 10.0. The molecule has 0 saturated carbocycles. The smallest absolute Gasteiger partial charge is 0.278 e. The van der Waals surface area contributed by atoms with Crippen LogP contribution in [-0.4, -0.2) is 22.0 Å². The van der Waals surface area contributed by atoms with Crippen LogP contribution in [0.1, 0.15) is 41.5 Å². The molecular weight excluding hydrogens is 290 g/mol. The molecule has 1 amide bonds. The fraction of sp³-hybridized carbons (Fsp3) is 0.333. The van der Waals surface area contributed by atoms with Gasteiger partial charge in [-0.05, 0) is 33.8 Å². The highest BCUT2D eigenvalue weighted by Crippen LogP contribution is 2.23. The summed E-state index contributed by atoms with van der Waals surface area (Å²) in [5.41, 5.74) is 3.02. The highest BCUT2D eigenvalue weighted by molar-refractivity contribution is 6.16. The summed E-state index contributed by atoms with van der Waals surface area (Å²) in [6.07, 6.45) is 8.32. The molecule has 2 N–H and O–H groups in total. The van der Waals surface area contributed by atoms with Gasteiger partial charge in [0.15, 0.2) is 5.84 Å². The van der Waals surface area contributed by atoms with Crippen LogP contribution in [0, 0.1) is 0 Å². The maximum atomic E-state index is 11.9. The molecule has 0 atom stereocenters. The third kappa shape index (κ3) is 5.38. The van der Waals surface area contributed by atoms with Gasteiger partial charge in [0.25, 0.3) is 5.91 Å². The van der Waals surface area contributed by atoms with Crippen molar-refractivity contribution in [3.8, 4) is 0 Å². The van der Waals surface area contributed by atoms with E-state index in [2.05, 4.69) is 16.9 Å². The third-order valence-corrected chi connectivity index (χ3v) is 2.82. The Morgan fingerprint density at radius 3 is 2.39 bits per heavy atom. The monoisotopic (exact) mass is 317 g/mol. The van der Waals surface area contributed by atoms with Crippen molar-refractivity contribution in [2.75, 3.05) is 0 Å². The van der Waals surface area contributed by atoms with E-state index >= 15 is 0 Å². The second kappa shape index (κ2) is 10.3. The zero-order chi connectivity index (χ0) is 18.0. The van der Waals surface area contributed by atoms with Gasteiger partial charge < -0.3 is 5.32 Å². The zero-order valence-corrected chi connectivity index (χ0v) is 14.8. The summed E-state index contributed by atoms with van der Waals surface area (Å²) < 4.78 is 0. The first-order valence-corrected chi connectivity index (χ1v) is 7.63. The SMILES string of the molecule is C=CN=C1C(=C(C)C)C(NC(/C=C\C)=C/C)=CC(=O)N1O.CC. The molecule has 0 fully saturated rings. The maximum absolute atomic E-state index is 11.9. The van der Waals surface area contributed by atoms with E-state index in [1.807, 2.05) is 59.8 Å². The molecule has 5 nitrogen and oxygen atoms in total. The van der Waals surface area contributed by atoms with Crippen LogP contribution in [-0.2, 0) is 4.79 Å². The van der Waals surface area contributed by atoms with E-state index in [0.717, 1.165) is 11.3 Å². The summed E-state index contributed by atoms with van der Waals surface area (Å²) in [7, 11) is 0. The van der Waals surface area contributed by atoms with E-state index in [-0.39, 0.29) is 5.84 Å². The van der Waals surface area contributed by atoms with Crippen molar-refractivity contribution in [1.82, 2.24) is 10.4 Å². The van der Waals surface area contributed by atoms with Gasteiger partial charge in [-0.1, -0.05) is 38.2 Å². The number of rotatable bonds is 4. The van der Waals surface area contributed by atoms with Gasteiger partial charge in [0, 0.05) is 23.5 Å². The number of nitrogens with zero attached hydrogens (tertiary/aromatic N) is 2. The number of amides is 1. The molecule has 1 aliphatic heterocycles. The Balaban J connectivity index is 0.00000232. The quantitative estimate of drug-likeness (QED) is 0.606. The third-order valence-electron chi connectivity index (χ3n) is 2.82. The van der Waals surface area contributed by atoms with Crippen molar-refractivity contribution in [3.63, 3.8) is 0 Å². The molecule has 23 heavy (non-hydrogen) atoms. The Morgan fingerprint density at radius 1 is 1.35 bits per heavy atom. The number of allylic oxidation sites excluding steroid dienone is 4. The summed E-state index contributed by atoms with van der Waals surface area (Å²) >= 11 is 0. The normalized spacial score (nSPS) is 17.0. The van der Waals surface area contributed by atoms with Gasteiger partial charge in [-0.25, -0.2) is 4.99 Å². The van der Waals surface area contributed by atoms with Gasteiger partial charge in [0.1, 0.15) is 0 Å². The van der Waals surface area contributed by atoms with Crippen LogP contribution in [0.2, 0.25) is 0 Å². The molecular formula is C18H27N3O2. The molecule has 0 aromatic carbocycles. The van der Waals surface area contributed by atoms with Gasteiger partial charge in [-0.2, -0.15) is 5.06 Å². The molecule has 0 aliphatic carbocycles. The van der Waals surface area contributed by atoms with Gasteiger partial charge in [0.05, 0.1) is 5.70 Å². The van der Waals surface area contributed by atoms with Crippen LogP contribution in [0.25, 0.3) is 0 Å². The molecule has 5 heteroatoms. The number of hydroxylamine groups is 2. The first-order valence-electron chi connectivity index (χ1n) is 7.63. The van der Waals surface area contributed by atoms with Crippen LogP contribution >= 0.6 is 0 Å². The predicted octanol–water partition coefficient (Wildman–Crippen LogP) is 4.08. The largest absolute Gasteiger partial charge is 0.355 e. The fourth-order valence-electron chi connectivity index (χ4n) is 1.93. The van der Waals surface area contributed by atoms with Crippen molar-refractivity contribution in [1.29, 1.82) is 0 Å². The highest BCUT2D eigenvalue weighted by Gasteiger charge is 2.29. The fourth-order valence-corrected chi connectivity index (χ4v) is 1.93. The van der Waals surface area contributed by atoms with Crippen LogP contribution in [0.3, 0.4) is 0 Å². The maximum Gasteiger partial charge on any atom is 0.278 e. The molecule has 1 aliphatic rings. The van der Waals surface area contributed by atoms with Crippen molar-refractivity contribution < 1.29 is 10.0 Å². The number of hydrogen-bond acceptors (Lipinski definition) is 4. The van der Waals surface area contributed by atoms with E-state index in [4.69, 9.17) is 0 Å². The molecule has 1 heterocycles. The standard InChI is InChI=1S/C16H21N3O2.C2H6/c1-6-9-12(7-2)18-13-10-14(20)19(21)16(17-8-3)15(13)11(4)5;1-2/h6-10,18,21H,3H2,1-2,4-5H3;1-2H3/b9-6-,12-7+,17-16?;. The number of carbonyl (C=O) groups is 1. The van der Waals surface area contributed by atoms with Crippen molar-refractivity contribution in [2.45, 2.75) is 41.5 Å². The summed E-state index contributed by atoms with van der Waals surface area (Å²) in [6.45, 7) is 15.1.